The van der Waals surface area contributed by atoms with E-state index in [1.807, 2.05) is 19.1 Å². The number of aromatic nitrogens is 2. The van der Waals surface area contributed by atoms with Crippen molar-refractivity contribution in [1.82, 2.24) is 14.5 Å². The smallest absolute Gasteiger partial charge is 0.261 e. The quantitative estimate of drug-likeness (QED) is 0.919. The number of hydrogen-bond acceptors (Lipinski definition) is 4. The average Bonchev–Trinajstić information content (AvgIpc) is 2.61. The Labute approximate surface area is 147 Å². The molecule has 1 aliphatic rings. The highest BCUT2D eigenvalue weighted by Gasteiger charge is 2.29. The number of benzene rings is 1. The number of para-hydroxylation sites is 1. The summed E-state index contributed by atoms with van der Waals surface area (Å²) in [4.78, 5) is 31.3. The number of rotatable bonds is 4. The van der Waals surface area contributed by atoms with Gasteiger partial charge in [-0.25, -0.2) is 4.98 Å². The van der Waals surface area contributed by atoms with Crippen molar-refractivity contribution in [2.75, 3.05) is 6.54 Å². The maximum atomic E-state index is 12.6. The lowest BCUT2D eigenvalue weighted by Crippen LogP contribution is -2.49. The van der Waals surface area contributed by atoms with Crippen LogP contribution in [0.4, 0.5) is 0 Å². The van der Waals surface area contributed by atoms with E-state index in [2.05, 4.69) is 4.98 Å². The van der Waals surface area contributed by atoms with Crippen LogP contribution in [0.1, 0.15) is 38.2 Å². The first-order valence-electron chi connectivity index (χ1n) is 8.91. The van der Waals surface area contributed by atoms with E-state index in [4.69, 9.17) is 0 Å². The van der Waals surface area contributed by atoms with Gasteiger partial charge in [0.15, 0.2) is 0 Å². The Balaban J connectivity index is 1.75. The molecule has 2 heterocycles. The molecular weight excluding hydrogens is 318 g/mol. The molecule has 0 spiro atoms. The zero-order chi connectivity index (χ0) is 18.0. The summed E-state index contributed by atoms with van der Waals surface area (Å²) in [6.45, 7) is 4.64. The standard InChI is InChI=1S/C19H25N3O3/c1-13-6-5-7-15-18(13)20-12-21(19(15)25)11-9-17(24)22-10-4-3-8-16(22)14(2)23/h5-7,12,14,16,23H,3-4,8-11H2,1-2H3. The van der Waals surface area contributed by atoms with Gasteiger partial charge in [-0.1, -0.05) is 12.1 Å². The fourth-order valence-corrected chi connectivity index (χ4v) is 3.63. The molecule has 1 saturated heterocycles. The highest BCUT2D eigenvalue weighted by Crippen LogP contribution is 2.21. The van der Waals surface area contributed by atoms with E-state index in [1.165, 1.54) is 10.9 Å². The van der Waals surface area contributed by atoms with Crippen molar-refractivity contribution >= 4 is 16.8 Å². The molecule has 134 valence electrons. The number of fused-ring (bicyclic) bond motifs is 1. The second kappa shape index (κ2) is 7.35. The van der Waals surface area contributed by atoms with Gasteiger partial charge in [0.05, 0.1) is 29.4 Å². The van der Waals surface area contributed by atoms with Gasteiger partial charge in [-0.2, -0.15) is 0 Å². The number of likely N-dealkylation sites (tertiary alicyclic amines) is 1. The van der Waals surface area contributed by atoms with Crippen molar-refractivity contribution in [3.8, 4) is 0 Å². The molecule has 0 radical (unpaired) electrons. The van der Waals surface area contributed by atoms with E-state index in [9.17, 15) is 14.7 Å². The van der Waals surface area contributed by atoms with Gasteiger partial charge in [0.1, 0.15) is 0 Å². The minimum absolute atomic E-state index is 0.0122. The highest BCUT2D eigenvalue weighted by atomic mass is 16.3. The Morgan fingerprint density at radius 1 is 1.40 bits per heavy atom. The zero-order valence-corrected chi connectivity index (χ0v) is 14.8. The molecule has 0 bridgehead atoms. The monoisotopic (exact) mass is 343 g/mol. The number of aliphatic hydroxyl groups is 1. The number of carbonyl (C=O) groups excluding carboxylic acids is 1. The van der Waals surface area contributed by atoms with Crippen LogP contribution >= 0.6 is 0 Å². The third-order valence-electron chi connectivity index (χ3n) is 5.05. The predicted molar refractivity (Wildman–Crippen MR) is 96.4 cm³/mol. The van der Waals surface area contributed by atoms with Crippen LogP contribution in [0.2, 0.25) is 0 Å². The van der Waals surface area contributed by atoms with Crippen LogP contribution in [0.25, 0.3) is 10.9 Å². The van der Waals surface area contributed by atoms with Crippen LogP contribution in [0.5, 0.6) is 0 Å². The van der Waals surface area contributed by atoms with Gasteiger partial charge in [-0.15, -0.1) is 0 Å². The van der Waals surface area contributed by atoms with Crippen LogP contribution in [-0.2, 0) is 11.3 Å². The number of amides is 1. The summed E-state index contributed by atoms with van der Waals surface area (Å²) in [6, 6.07) is 5.42. The molecule has 1 aliphatic heterocycles. The molecular formula is C19H25N3O3. The maximum absolute atomic E-state index is 12.6. The minimum atomic E-state index is -0.530. The van der Waals surface area contributed by atoms with E-state index >= 15 is 0 Å². The first-order chi connectivity index (χ1) is 12.0. The Morgan fingerprint density at radius 2 is 2.20 bits per heavy atom. The van der Waals surface area contributed by atoms with Gasteiger partial charge < -0.3 is 10.0 Å². The number of aliphatic hydroxyl groups excluding tert-OH is 1. The summed E-state index contributed by atoms with van der Waals surface area (Å²) < 4.78 is 1.50. The van der Waals surface area contributed by atoms with E-state index in [0.29, 0.717) is 24.0 Å². The molecule has 0 saturated carbocycles. The Morgan fingerprint density at radius 3 is 2.96 bits per heavy atom. The normalized spacial score (nSPS) is 19.2. The number of piperidine rings is 1. The summed E-state index contributed by atoms with van der Waals surface area (Å²) in [5.41, 5.74) is 1.55. The molecule has 1 fully saturated rings. The maximum Gasteiger partial charge on any atom is 0.261 e. The molecule has 6 heteroatoms. The number of nitrogens with zero attached hydrogens (tertiary/aromatic N) is 3. The van der Waals surface area contributed by atoms with E-state index in [-0.39, 0.29) is 23.9 Å². The third kappa shape index (κ3) is 3.58. The van der Waals surface area contributed by atoms with Gasteiger partial charge in [-0.3, -0.25) is 14.2 Å². The minimum Gasteiger partial charge on any atom is -0.391 e. The van der Waals surface area contributed by atoms with Crippen molar-refractivity contribution in [2.45, 2.75) is 58.2 Å². The van der Waals surface area contributed by atoms with Gasteiger partial charge in [0, 0.05) is 19.5 Å². The van der Waals surface area contributed by atoms with E-state index in [1.54, 1.807) is 17.9 Å². The molecule has 1 aromatic carbocycles. The van der Waals surface area contributed by atoms with Gasteiger partial charge in [-0.05, 0) is 44.7 Å². The third-order valence-corrected chi connectivity index (χ3v) is 5.05. The summed E-state index contributed by atoms with van der Waals surface area (Å²) in [5, 5.41) is 10.5. The number of aryl methyl sites for hydroxylation is 2. The number of carbonyl (C=O) groups is 1. The number of hydrogen-bond donors (Lipinski definition) is 1. The van der Waals surface area contributed by atoms with E-state index in [0.717, 1.165) is 24.8 Å². The molecule has 2 atom stereocenters. The molecule has 1 N–H and O–H groups in total. The fourth-order valence-electron chi connectivity index (χ4n) is 3.63. The van der Waals surface area contributed by atoms with Crippen molar-refractivity contribution < 1.29 is 9.90 Å². The molecule has 2 aromatic rings. The van der Waals surface area contributed by atoms with Gasteiger partial charge in [0.2, 0.25) is 5.91 Å². The largest absolute Gasteiger partial charge is 0.391 e. The Kier molecular flexibility index (Phi) is 5.18. The van der Waals surface area contributed by atoms with Crippen molar-refractivity contribution in [3.63, 3.8) is 0 Å². The van der Waals surface area contributed by atoms with Crippen LogP contribution in [0.15, 0.2) is 29.3 Å². The lowest BCUT2D eigenvalue weighted by Gasteiger charge is -2.37. The van der Waals surface area contributed by atoms with Crippen molar-refractivity contribution in [1.29, 1.82) is 0 Å². The van der Waals surface area contributed by atoms with Crippen LogP contribution < -0.4 is 5.56 Å². The molecule has 1 aromatic heterocycles. The molecule has 0 aliphatic carbocycles. The summed E-state index contributed by atoms with van der Waals surface area (Å²) in [5.74, 6) is -0.0122. The highest BCUT2D eigenvalue weighted by molar-refractivity contribution is 5.80. The lowest BCUT2D eigenvalue weighted by atomic mass is 9.98. The first kappa shape index (κ1) is 17.6. The second-order valence-corrected chi connectivity index (χ2v) is 6.86. The molecule has 6 nitrogen and oxygen atoms in total. The molecule has 1 amide bonds. The van der Waals surface area contributed by atoms with Crippen LogP contribution in [0, 0.1) is 6.92 Å². The average molecular weight is 343 g/mol. The molecule has 2 unspecified atom stereocenters. The summed E-state index contributed by atoms with van der Waals surface area (Å²) in [7, 11) is 0. The van der Waals surface area contributed by atoms with Crippen molar-refractivity contribution in [3.05, 3.63) is 40.4 Å². The van der Waals surface area contributed by atoms with E-state index < -0.39 is 6.10 Å². The van der Waals surface area contributed by atoms with Crippen LogP contribution in [-0.4, -0.2) is 44.2 Å². The lowest BCUT2D eigenvalue weighted by molar-refractivity contribution is -0.137. The summed E-state index contributed by atoms with van der Waals surface area (Å²) >= 11 is 0. The predicted octanol–water partition coefficient (Wildman–Crippen LogP) is 1.86. The van der Waals surface area contributed by atoms with Gasteiger partial charge in [0.25, 0.3) is 5.56 Å². The second-order valence-electron chi connectivity index (χ2n) is 6.86. The summed E-state index contributed by atoms with van der Waals surface area (Å²) in [6.07, 6.45) is 4.06. The van der Waals surface area contributed by atoms with Crippen LogP contribution in [0.3, 0.4) is 0 Å². The Hall–Kier alpha value is -2.21. The zero-order valence-electron chi connectivity index (χ0n) is 14.8. The van der Waals surface area contributed by atoms with Gasteiger partial charge >= 0.3 is 0 Å². The molecule has 3 rings (SSSR count). The van der Waals surface area contributed by atoms with Crippen molar-refractivity contribution in [2.24, 2.45) is 0 Å². The fraction of sp³-hybridized carbons (Fsp3) is 0.526. The molecule has 25 heavy (non-hydrogen) atoms. The first-order valence-corrected chi connectivity index (χ1v) is 8.91. The SMILES string of the molecule is Cc1cccc2c(=O)n(CCC(=O)N3CCCCC3C(C)O)cnc12. The Bertz CT molecular complexity index is 828. The topological polar surface area (TPSA) is 75.4 Å².